The summed E-state index contributed by atoms with van der Waals surface area (Å²) >= 11 is 5.81. The average Bonchev–Trinajstić information content (AvgIpc) is 2.38. The van der Waals surface area contributed by atoms with Gasteiger partial charge >= 0.3 is 0 Å². The summed E-state index contributed by atoms with van der Waals surface area (Å²) in [5.74, 6) is 1.06. The molecule has 1 saturated heterocycles. The van der Waals surface area contributed by atoms with Crippen molar-refractivity contribution >= 4 is 21.8 Å². The summed E-state index contributed by atoms with van der Waals surface area (Å²) in [6.07, 6.45) is 1.81. The molecule has 0 aromatic heterocycles. The minimum absolute atomic E-state index is 0.121. The lowest BCUT2D eigenvalue weighted by molar-refractivity contribution is 0.0728. The zero-order valence-corrected chi connectivity index (χ0v) is 13.6. The van der Waals surface area contributed by atoms with Crippen molar-refractivity contribution in [3.8, 4) is 0 Å². The SMILES string of the molecule is CC(C)OCCN(C)S(=O)(=O)N1CCC(CCl)CC1. The number of hydrogen-bond donors (Lipinski definition) is 0. The summed E-state index contributed by atoms with van der Waals surface area (Å²) in [5.41, 5.74) is 0. The molecule has 0 saturated carbocycles. The first-order valence-corrected chi connectivity index (χ1v) is 8.70. The van der Waals surface area contributed by atoms with E-state index in [0.717, 1.165) is 12.8 Å². The summed E-state index contributed by atoms with van der Waals surface area (Å²) in [7, 11) is -1.74. The fourth-order valence-corrected chi connectivity index (χ4v) is 3.70. The molecule has 0 radical (unpaired) electrons. The smallest absolute Gasteiger partial charge is 0.281 e. The first-order valence-electron chi connectivity index (χ1n) is 6.77. The molecule has 114 valence electrons. The van der Waals surface area contributed by atoms with E-state index in [1.54, 1.807) is 11.4 Å². The van der Waals surface area contributed by atoms with Crippen molar-refractivity contribution in [2.75, 3.05) is 39.2 Å². The summed E-state index contributed by atoms with van der Waals surface area (Å²) in [4.78, 5) is 0. The second kappa shape index (κ2) is 7.78. The molecule has 1 heterocycles. The van der Waals surface area contributed by atoms with Gasteiger partial charge in [0.15, 0.2) is 0 Å². The lowest BCUT2D eigenvalue weighted by atomic mass is 10.0. The highest BCUT2D eigenvalue weighted by Gasteiger charge is 2.30. The van der Waals surface area contributed by atoms with E-state index in [9.17, 15) is 8.42 Å². The number of halogens is 1. The second-order valence-electron chi connectivity index (χ2n) is 5.25. The van der Waals surface area contributed by atoms with Crippen molar-refractivity contribution in [1.82, 2.24) is 8.61 Å². The summed E-state index contributed by atoms with van der Waals surface area (Å²) < 4.78 is 32.9. The van der Waals surface area contributed by atoms with Crippen LogP contribution in [0.25, 0.3) is 0 Å². The molecule has 0 aliphatic carbocycles. The van der Waals surface area contributed by atoms with E-state index in [4.69, 9.17) is 16.3 Å². The first-order chi connectivity index (χ1) is 8.87. The van der Waals surface area contributed by atoms with Gasteiger partial charge in [0, 0.05) is 32.6 Å². The predicted molar refractivity (Wildman–Crippen MR) is 77.7 cm³/mol. The van der Waals surface area contributed by atoms with Crippen molar-refractivity contribution < 1.29 is 13.2 Å². The molecule has 0 aromatic carbocycles. The highest BCUT2D eigenvalue weighted by atomic mass is 35.5. The highest BCUT2D eigenvalue weighted by Crippen LogP contribution is 2.21. The predicted octanol–water partition coefficient (Wildman–Crippen LogP) is 1.54. The Bertz CT molecular complexity index is 354. The molecule has 19 heavy (non-hydrogen) atoms. The Hall–Kier alpha value is 0.120. The Kier molecular flexibility index (Phi) is 7.04. The van der Waals surface area contributed by atoms with Crippen molar-refractivity contribution in [2.45, 2.75) is 32.8 Å². The quantitative estimate of drug-likeness (QED) is 0.670. The number of alkyl halides is 1. The van der Waals surface area contributed by atoms with Crippen LogP contribution in [0.4, 0.5) is 0 Å². The van der Waals surface area contributed by atoms with E-state index in [-0.39, 0.29) is 6.10 Å². The zero-order chi connectivity index (χ0) is 14.5. The molecule has 0 spiro atoms. The minimum atomic E-state index is -3.35. The van der Waals surface area contributed by atoms with E-state index in [1.165, 1.54) is 4.31 Å². The molecular formula is C12H25ClN2O3S. The van der Waals surface area contributed by atoms with E-state index in [2.05, 4.69) is 0 Å². The average molecular weight is 313 g/mol. The number of nitrogens with zero attached hydrogens (tertiary/aromatic N) is 2. The summed E-state index contributed by atoms with van der Waals surface area (Å²) in [6.45, 7) is 5.81. The van der Waals surface area contributed by atoms with Gasteiger partial charge in [-0.2, -0.15) is 17.0 Å². The van der Waals surface area contributed by atoms with Crippen LogP contribution >= 0.6 is 11.6 Å². The molecule has 0 N–H and O–H groups in total. The third-order valence-electron chi connectivity index (χ3n) is 3.37. The van der Waals surface area contributed by atoms with E-state index in [0.29, 0.717) is 38.0 Å². The van der Waals surface area contributed by atoms with E-state index < -0.39 is 10.2 Å². The Morgan fingerprint density at radius 2 is 1.95 bits per heavy atom. The summed E-state index contributed by atoms with van der Waals surface area (Å²) in [5, 5.41) is 0. The van der Waals surface area contributed by atoms with Crippen molar-refractivity contribution in [3.05, 3.63) is 0 Å². The van der Waals surface area contributed by atoms with Crippen LogP contribution in [-0.2, 0) is 14.9 Å². The number of likely N-dealkylation sites (N-methyl/N-ethyl adjacent to an activating group) is 1. The second-order valence-corrected chi connectivity index (χ2v) is 7.59. The lowest BCUT2D eigenvalue weighted by Crippen LogP contribution is -2.46. The van der Waals surface area contributed by atoms with Gasteiger partial charge in [-0.25, -0.2) is 0 Å². The van der Waals surface area contributed by atoms with Crippen LogP contribution in [0.5, 0.6) is 0 Å². The van der Waals surface area contributed by atoms with E-state index in [1.807, 2.05) is 13.8 Å². The molecule has 0 amide bonds. The van der Waals surface area contributed by atoms with Crippen LogP contribution in [0.2, 0.25) is 0 Å². The van der Waals surface area contributed by atoms with Gasteiger partial charge < -0.3 is 4.74 Å². The topological polar surface area (TPSA) is 49.9 Å². The molecule has 7 heteroatoms. The third kappa shape index (κ3) is 5.19. The van der Waals surface area contributed by atoms with Crippen LogP contribution in [-0.4, -0.2) is 62.3 Å². The standard InChI is InChI=1S/C12H25ClN2O3S/c1-11(2)18-9-8-14(3)19(16,17)15-6-4-12(10-13)5-7-15/h11-12H,4-10H2,1-3H3. The van der Waals surface area contributed by atoms with Crippen LogP contribution in [0, 0.1) is 5.92 Å². The van der Waals surface area contributed by atoms with Gasteiger partial charge in [-0.15, -0.1) is 11.6 Å². The molecule has 0 atom stereocenters. The fraction of sp³-hybridized carbons (Fsp3) is 1.00. The highest BCUT2D eigenvalue weighted by molar-refractivity contribution is 7.86. The van der Waals surface area contributed by atoms with Crippen LogP contribution < -0.4 is 0 Å². The van der Waals surface area contributed by atoms with Gasteiger partial charge in [-0.05, 0) is 32.6 Å². The lowest BCUT2D eigenvalue weighted by Gasteiger charge is -2.33. The molecule has 1 aliphatic heterocycles. The van der Waals surface area contributed by atoms with E-state index >= 15 is 0 Å². The number of ether oxygens (including phenoxy) is 1. The Balaban J connectivity index is 2.46. The first kappa shape index (κ1) is 17.2. The summed E-state index contributed by atoms with van der Waals surface area (Å²) in [6, 6.07) is 0. The van der Waals surface area contributed by atoms with Gasteiger partial charge in [0.05, 0.1) is 12.7 Å². The third-order valence-corrected chi connectivity index (χ3v) is 5.79. The fourth-order valence-electron chi connectivity index (χ4n) is 2.02. The molecule has 0 aromatic rings. The van der Waals surface area contributed by atoms with Crippen LogP contribution in [0.3, 0.4) is 0 Å². The van der Waals surface area contributed by atoms with Gasteiger partial charge in [0.2, 0.25) is 0 Å². The molecule has 1 fully saturated rings. The molecular weight excluding hydrogens is 288 g/mol. The van der Waals surface area contributed by atoms with Gasteiger partial charge in [0.1, 0.15) is 0 Å². The monoisotopic (exact) mass is 312 g/mol. The van der Waals surface area contributed by atoms with Crippen molar-refractivity contribution in [1.29, 1.82) is 0 Å². The van der Waals surface area contributed by atoms with Gasteiger partial charge in [0.25, 0.3) is 10.2 Å². The molecule has 5 nitrogen and oxygen atoms in total. The number of rotatable bonds is 7. The Morgan fingerprint density at radius 1 is 1.37 bits per heavy atom. The zero-order valence-electron chi connectivity index (χ0n) is 12.0. The number of piperidine rings is 1. The van der Waals surface area contributed by atoms with Gasteiger partial charge in [-0.1, -0.05) is 0 Å². The normalized spacial score (nSPS) is 19.5. The van der Waals surface area contributed by atoms with Crippen molar-refractivity contribution in [2.24, 2.45) is 5.92 Å². The van der Waals surface area contributed by atoms with Gasteiger partial charge in [-0.3, -0.25) is 0 Å². The Morgan fingerprint density at radius 3 is 2.42 bits per heavy atom. The maximum absolute atomic E-state index is 12.3. The minimum Gasteiger partial charge on any atom is -0.377 e. The molecule has 1 rings (SSSR count). The Labute approximate surface area is 122 Å². The maximum atomic E-state index is 12.3. The largest absolute Gasteiger partial charge is 0.377 e. The maximum Gasteiger partial charge on any atom is 0.281 e. The van der Waals surface area contributed by atoms with Crippen LogP contribution in [0.15, 0.2) is 0 Å². The molecule has 1 aliphatic rings. The number of hydrogen-bond acceptors (Lipinski definition) is 3. The molecule has 0 bridgehead atoms. The van der Waals surface area contributed by atoms with Crippen LogP contribution in [0.1, 0.15) is 26.7 Å². The molecule has 0 unspecified atom stereocenters. The van der Waals surface area contributed by atoms with Crippen molar-refractivity contribution in [3.63, 3.8) is 0 Å².